The third-order valence-electron chi connectivity index (χ3n) is 2.77. The Morgan fingerprint density at radius 3 is 2.50 bits per heavy atom. The number of rotatable bonds is 6. The first-order chi connectivity index (χ1) is 11.5. The SMILES string of the molecule is COC(=O)c1ccc(NC(=O)/C=C/c2ccc(OC(F)F)cc2)s1. The van der Waals surface area contributed by atoms with Gasteiger partial charge in [-0.1, -0.05) is 12.1 Å². The molecule has 0 spiro atoms. The predicted octanol–water partition coefficient (Wildman–Crippen LogP) is 3.79. The largest absolute Gasteiger partial charge is 0.465 e. The van der Waals surface area contributed by atoms with E-state index in [1.54, 1.807) is 24.3 Å². The summed E-state index contributed by atoms with van der Waals surface area (Å²) in [5, 5.41) is 3.12. The molecule has 8 heteroatoms. The Bertz CT molecular complexity index is 741. The summed E-state index contributed by atoms with van der Waals surface area (Å²) in [5.74, 6) is -0.816. The van der Waals surface area contributed by atoms with E-state index in [4.69, 9.17) is 0 Å². The molecule has 1 aromatic carbocycles. The molecule has 0 radical (unpaired) electrons. The molecule has 2 rings (SSSR count). The Hall–Kier alpha value is -2.74. The maximum absolute atomic E-state index is 12.0. The highest BCUT2D eigenvalue weighted by molar-refractivity contribution is 7.18. The van der Waals surface area contributed by atoms with Crippen LogP contribution in [0, 0.1) is 0 Å². The second-order valence-electron chi connectivity index (χ2n) is 4.43. The van der Waals surface area contributed by atoms with Gasteiger partial charge in [-0.25, -0.2) is 4.79 Å². The lowest BCUT2D eigenvalue weighted by molar-refractivity contribution is -0.111. The topological polar surface area (TPSA) is 64.6 Å². The summed E-state index contributed by atoms with van der Waals surface area (Å²) < 4.78 is 32.9. The first kappa shape index (κ1) is 17.6. The second-order valence-corrected chi connectivity index (χ2v) is 5.51. The Morgan fingerprint density at radius 2 is 1.88 bits per heavy atom. The minimum absolute atomic E-state index is 0.0422. The van der Waals surface area contributed by atoms with Gasteiger partial charge in [-0.15, -0.1) is 11.3 Å². The average Bonchev–Trinajstić information content (AvgIpc) is 3.01. The van der Waals surface area contributed by atoms with Crippen molar-refractivity contribution in [1.82, 2.24) is 0 Å². The number of hydrogen-bond acceptors (Lipinski definition) is 5. The molecule has 0 aliphatic heterocycles. The highest BCUT2D eigenvalue weighted by atomic mass is 32.1. The quantitative estimate of drug-likeness (QED) is 0.634. The van der Waals surface area contributed by atoms with Crippen molar-refractivity contribution in [2.24, 2.45) is 0 Å². The van der Waals surface area contributed by atoms with Crippen LogP contribution in [0.5, 0.6) is 5.75 Å². The maximum Gasteiger partial charge on any atom is 0.387 e. The van der Waals surface area contributed by atoms with Gasteiger partial charge in [-0.2, -0.15) is 8.78 Å². The minimum atomic E-state index is -2.88. The van der Waals surface area contributed by atoms with E-state index < -0.39 is 12.6 Å². The maximum atomic E-state index is 12.0. The van der Waals surface area contributed by atoms with Gasteiger partial charge in [0.1, 0.15) is 10.6 Å². The summed E-state index contributed by atoms with van der Waals surface area (Å²) in [4.78, 5) is 23.5. The van der Waals surface area contributed by atoms with Gasteiger partial charge in [0, 0.05) is 6.08 Å². The molecular formula is C16H13F2NO4S. The molecule has 1 aromatic heterocycles. The molecule has 0 atom stereocenters. The van der Waals surface area contributed by atoms with E-state index in [0.717, 1.165) is 11.3 Å². The highest BCUT2D eigenvalue weighted by Crippen LogP contribution is 2.22. The van der Waals surface area contributed by atoms with Crippen molar-refractivity contribution in [3.63, 3.8) is 0 Å². The Labute approximate surface area is 140 Å². The summed E-state index contributed by atoms with van der Waals surface area (Å²) in [6.07, 6.45) is 2.82. The van der Waals surface area contributed by atoms with Crippen LogP contribution in [0.25, 0.3) is 6.08 Å². The number of ether oxygens (including phenoxy) is 2. The van der Waals surface area contributed by atoms with Gasteiger partial charge >= 0.3 is 12.6 Å². The minimum Gasteiger partial charge on any atom is -0.465 e. The molecule has 0 saturated carbocycles. The zero-order valence-corrected chi connectivity index (χ0v) is 13.3. The van der Waals surface area contributed by atoms with Gasteiger partial charge in [0.05, 0.1) is 12.1 Å². The Morgan fingerprint density at radius 1 is 1.17 bits per heavy atom. The number of methoxy groups -OCH3 is 1. The molecular weight excluding hydrogens is 340 g/mol. The lowest BCUT2D eigenvalue weighted by atomic mass is 10.2. The van der Waals surface area contributed by atoms with E-state index in [1.807, 2.05) is 0 Å². The number of benzene rings is 1. The van der Waals surface area contributed by atoms with Gasteiger partial charge in [0.25, 0.3) is 0 Å². The third kappa shape index (κ3) is 5.17. The van der Waals surface area contributed by atoms with Gasteiger partial charge in [-0.05, 0) is 35.9 Å². The molecule has 0 aliphatic carbocycles. The molecule has 1 heterocycles. The van der Waals surface area contributed by atoms with Crippen LogP contribution >= 0.6 is 11.3 Å². The fourth-order valence-corrected chi connectivity index (χ4v) is 2.54. The molecule has 2 aromatic rings. The van der Waals surface area contributed by atoms with Crippen LogP contribution in [-0.4, -0.2) is 25.6 Å². The van der Waals surface area contributed by atoms with Crippen LogP contribution in [0.4, 0.5) is 13.8 Å². The predicted molar refractivity (Wildman–Crippen MR) is 86.4 cm³/mol. The highest BCUT2D eigenvalue weighted by Gasteiger charge is 2.09. The lowest BCUT2D eigenvalue weighted by Gasteiger charge is -2.03. The Kier molecular flexibility index (Phi) is 6.02. The Balaban J connectivity index is 1.92. The number of hydrogen-bond donors (Lipinski definition) is 1. The monoisotopic (exact) mass is 353 g/mol. The van der Waals surface area contributed by atoms with E-state index in [2.05, 4.69) is 14.8 Å². The number of carbonyl (C=O) groups excluding carboxylic acids is 2. The van der Waals surface area contributed by atoms with E-state index >= 15 is 0 Å². The van der Waals surface area contributed by atoms with Crippen molar-refractivity contribution in [2.45, 2.75) is 6.61 Å². The van der Waals surface area contributed by atoms with Crippen molar-refractivity contribution in [3.05, 3.63) is 52.9 Å². The number of carbonyl (C=O) groups is 2. The lowest BCUT2D eigenvalue weighted by Crippen LogP contribution is -2.06. The van der Waals surface area contributed by atoms with Gasteiger partial charge < -0.3 is 14.8 Å². The molecule has 0 saturated heterocycles. The van der Waals surface area contributed by atoms with Gasteiger partial charge in [-0.3, -0.25) is 4.79 Å². The second kappa shape index (κ2) is 8.21. The molecule has 5 nitrogen and oxygen atoms in total. The van der Waals surface area contributed by atoms with Crippen molar-refractivity contribution in [2.75, 3.05) is 12.4 Å². The van der Waals surface area contributed by atoms with Crippen molar-refractivity contribution < 1.29 is 27.8 Å². The number of thiophene rings is 1. The van der Waals surface area contributed by atoms with Crippen LogP contribution in [0.2, 0.25) is 0 Å². The van der Waals surface area contributed by atoms with Crippen LogP contribution in [-0.2, 0) is 9.53 Å². The van der Waals surface area contributed by atoms with Gasteiger partial charge in [0.15, 0.2) is 0 Å². The van der Waals surface area contributed by atoms with E-state index in [0.29, 0.717) is 15.4 Å². The van der Waals surface area contributed by atoms with Crippen LogP contribution in [0.3, 0.4) is 0 Å². The number of alkyl halides is 2. The average molecular weight is 353 g/mol. The van der Waals surface area contributed by atoms with Crippen LogP contribution in [0.1, 0.15) is 15.2 Å². The summed E-state index contributed by atoms with van der Waals surface area (Å²) >= 11 is 1.10. The molecule has 0 unspecified atom stereocenters. The van der Waals surface area contributed by atoms with Crippen molar-refractivity contribution >= 4 is 34.3 Å². The summed E-state index contributed by atoms with van der Waals surface area (Å²) in [7, 11) is 1.28. The standard InChI is InChI=1S/C16H13F2NO4S/c1-22-15(21)12-7-9-14(24-12)19-13(20)8-4-10-2-5-11(6-3-10)23-16(17)18/h2-9,16H,1H3,(H,19,20)/b8-4+. The van der Waals surface area contributed by atoms with Gasteiger partial charge in [0.2, 0.25) is 5.91 Å². The van der Waals surface area contributed by atoms with E-state index in [1.165, 1.54) is 31.4 Å². The summed E-state index contributed by atoms with van der Waals surface area (Å²) in [6, 6.07) is 9.00. The molecule has 0 bridgehead atoms. The fourth-order valence-electron chi connectivity index (χ4n) is 1.71. The smallest absolute Gasteiger partial charge is 0.387 e. The molecule has 1 amide bonds. The number of amides is 1. The van der Waals surface area contributed by atoms with Crippen molar-refractivity contribution in [3.8, 4) is 5.75 Å². The van der Waals surface area contributed by atoms with Crippen LogP contribution < -0.4 is 10.1 Å². The molecule has 1 N–H and O–H groups in total. The van der Waals surface area contributed by atoms with E-state index in [-0.39, 0.29) is 11.7 Å². The number of anilines is 1. The fraction of sp³-hybridized carbons (Fsp3) is 0.125. The molecule has 0 fully saturated rings. The zero-order valence-electron chi connectivity index (χ0n) is 12.5. The van der Waals surface area contributed by atoms with Crippen molar-refractivity contribution in [1.29, 1.82) is 0 Å². The molecule has 24 heavy (non-hydrogen) atoms. The van der Waals surface area contributed by atoms with Crippen LogP contribution in [0.15, 0.2) is 42.5 Å². The number of nitrogens with one attached hydrogen (secondary N) is 1. The first-order valence-electron chi connectivity index (χ1n) is 6.70. The number of esters is 1. The summed E-state index contributed by atoms with van der Waals surface area (Å²) in [6.45, 7) is -2.88. The normalized spacial score (nSPS) is 10.8. The summed E-state index contributed by atoms with van der Waals surface area (Å²) in [5.41, 5.74) is 0.646. The molecule has 0 aliphatic rings. The molecule has 126 valence electrons. The third-order valence-corrected chi connectivity index (χ3v) is 3.75. The first-order valence-corrected chi connectivity index (χ1v) is 7.51. The number of halogens is 2. The zero-order chi connectivity index (χ0) is 17.5. The van der Waals surface area contributed by atoms with E-state index in [9.17, 15) is 18.4 Å².